The lowest BCUT2D eigenvalue weighted by atomic mass is 10.0. The molecule has 0 fully saturated rings. The Morgan fingerprint density at radius 1 is 0.952 bits per heavy atom. The fourth-order valence-electron chi connectivity index (χ4n) is 1.97. The van der Waals surface area contributed by atoms with E-state index in [1.807, 2.05) is 48.5 Å². The van der Waals surface area contributed by atoms with Crippen LogP contribution in [-0.2, 0) is 4.79 Å². The number of aliphatic carboxylic acids is 1. The first-order chi connectivity index (χ1) is 10.2. The van der Waals surface area contributed by atoms with Gasteiger partial charge in [0.1, 0.15) is 0 Å². The van der Waals surface area contributed by atoms with Crippen LogP contribution in [0.5, 0.6) is 0 Å². The average Bonchev–Trinajstić information content (AvgIpc) is 2.52. The van der Waals surface area contributed by atoms with Gasteiger partial charge in [0.2, 0.25) is 0 Å². The molecule has 0 spiro atoms. The zero-order chi connectivity index (χ0) is 15.1. The first kappa shape index (κ1) is 15.3. The maximum atomic E-state index is 12.7. The van der Waals surface area contributed by atoms with Gasteiger partial charge in [0.05, 0.1) is 11.7 Å². The van der Waals surface area contributed by atoms with Crippen molar-refractivity contribution in [3.05, 3.63) is 71.8 Å². The number of thioether (sulfide) groups is 1. The molecule has 0 unspecified atom stereocenters. The van der Waals surface area contributed by atoms with Gasteiger partial charge >= 0.3 is 5.97 Å². The number of carbonyl (C=O) groups is 2. The van der Waals surface area contributed by atoms with Crippen molar-refractivity contribution in [1.82, 2.24) is 0 Å². The van der Waals surface area contributed by atoms with Crippen LogP contribution in [0, 0.1) is 0 Å². The van der Waals surface area contributed by atoms with Gasteiger partial charge < -0.3 is 5.11 Å². The summed E-state index contributed by atoms with van der Waals surface area (Å²) in [6.07, 6.45) is 0.0517. The third-order valence-corrected chi connectivity index (χ3v) is 4.26. The second-order valence-corrected chi connectivity index (χ2v) is 5.75. The van der Waals surface area contributed by atoms with Crippen molar-refractivity contribution >= 4 is 23.5 Å². The van der Waals surface area contributed by atoms with Crippen molar-refractivity contribution in [2.75, 3.05) is 5.75 Å². The Morgan fingerprint density at radius 2 is 1.52 bits per heavy atom. The Balaban J connectivity index is 2.19. The molecule has 2 aromatic rings. The molecular formula is C17H16O3S. The summed E-state index contributed by atoms with van der Waals surface area (Å²) >= 11 is 1.38. The Morgan fingerprint density at radius 3 is 2.10 bits per heavy atom. The molecule has 0 amide bonds. The largest absolute Gasteiger partial charge is 0.481 e. The third-order valence-electron chi connectivity index (χ3n) is 3.00. The van der Waals surface area contributed by atoms with Crippen LogP contribution < -0.4 is 0 Å². The van der Waals surface area contributed by atoms with Crippen molar-refractivity contribution in [3.63, 3.8) is 0 Å². The molecule has 3 nitrogen and oxygen atoms in total. The number of carbonyl (C=O) groups excluding carboxylic acids is 1. The summed E-state index contributed by atoms with van der Waals surface area (Å²) in [7, 11) is 0. The number of Topliss-reactive ketones (excluding diaryl/α,β-unsaturated/α-hetero) is 1. The van der Waals surface area contributed by atoms with E-state index in [1.165, 1.54) is 11.8 Å². The van der Waals surface area contributed by atoms with Gasteiger partial charge in [-0.3, -0.25) is 9.59 Å². The summed E-state index contributed by atoms with van der Waals surface area (Å²) in [6, 6.07) is 18.6. The molecule has 0 saturated heterocycles. The highest BCUT2D eigenvalue weighted by Gasteiger charge is 2.22. The summed E-state index contributed by atoms with van der Waals surface area (Å²) in [5.74, 6) is -0.424. The summed E-state index contributed by atoms with van der Waals surface area (Å²) in [4.78, 5) is 23.3. The number of carboxylic acids is 1. The van der Waals surface area contributed by atoms with Crippen LogP contribution in [0.1, 0.15) is 27.6 Å². The molecule has 1 N–H and O–H groups in total. The molecule has 0 radical (unpaired) electrons. The highest BCUT2D eigenvalue weighted by atomic mass is 32.2. The lowest BCUT2D eigenvalue weighted by molar-refractivity contribution is -0.136. The fourth-order valence-corrected chi connectivity index (χ4v) is 3.13. The van der Waals surface area contributed by atoms with Crippen molar-refractivity contribution in [2.24, 2.45) is 0 Å². The third kappa shape index (κ3) is 4.46. The van der Waals surface area contributed by atoms with Crippen LogP contribution in [-0.4, -0.2) is 22.6 Å². The molecular weight excluding hydrogens is 284 g/mol. The highest BCUT2D eigenvalue weighted by Crippen LogP contribution is 2.32. The second kappa shape index (κ2) is 7.64. The Bertz CT molecular complexity index is 596. The van der Waals surface area contributed by atoms with Crippen LogP contribution in [0.4, 0.5) is 0 Å². The van der Waals surface area contributed by atoms with Crippen LogP contribution in [0.15, 0.2) is 60.7 Å². The molecule has 0 bridgehead atoms. The first-order valence-corrected chi connectivity index (χ1v) is 7.71. The molecule has 0 heterocycles. The Hall–Kier alpha value is -2.07. The van der Waals surface area contributed by atoms with E-state index < -0.39 is 5.97 Å². The smallest absolute Gasteiger partial charge is 0.304 e. The normalized spacial score (nSPS) is 11.8. The summed E-state index contributed by atoms with van der Waals surface area (Å²) in [6.45, 7) is 0. The molecule has 2 aromatic carbocycles. The first-order valence-electron chi connectivity index (χ1n) is 6.66. The quantitative estimate of drug-likeness (QED) is 0.790. The topological polar surface area (TPSA) is 54.4 Å². The number of hydrogen-bond donors (Lipinski definition) is 1. The van der Waals surface area contributed by atoms with E-state index in [0.29, 0.717) is 11.3 Å². The number of ketones is 1. The zero-order valence-corrected chi connectivity index (χ0v) is 12.3. The van der Waals surface area contributed by atoms with Gasteiger partial charge in [0.15, 0.2) is 5.78 Å². The van der Waals surface area contributed by atoms with Gasteiger partial charge in [0, 0.05) is 11.3 Å². The molecule has 0 aliphatic carbocycles. The molecule has 0 saturated carbocycles. The Labute approximate surface area is 128 Å². The highest BCUT2D eigenvalue weighted by molar-refractivity contribution is 8.00. The minimum Gasteiger partial charge on any atom is -0.481 e. The van der Waals surface area contributed by atoms with E-state index >= 15 is 0 Å². The monoisotopic (exact) mass is 300 g/mol. The van der Waals surface area contributed by atoms with E-state index in [1.54, 1.807) is 12.1 Å². The number of rotatable bonds is 7. The summed E-state index contributed by atoms with van der Waals surface area (Å²) in [5, 5.41) is 8.39. The van der Waals surface area contributed by atoms with Crippen molar-refractivity contribution < 1.29 is 14.7 Å². The zero-order valence-electron chi connectivity index (χ0n) is 11.4. The maximum Gasteiger partial charge on any atom is 0.304 e. The molecule has 0 aliphatic rings. The van der Waals surface area contributed by atoms with E-state index in [4.69, 9.17) is 5.11 Å². The minimum absolute atomic E-state index is 0.0113. The van der Waals surface area contributed by atoms with Gasteiger partial charge in [-0.05, 0) is 5.56 Å². The van der Waals surface area contributed by atoms with Gasteiger partial charge in [-0.15, -0.1) is 11.8 Å². The lowest BCUT2D eigenvalue weighted by Crippen LogP contribution is -2.11. The van der Waals surface area contributed by atoms with E-state index in [-0.39, 0.29) is 17.5 Å². The molecule has 108 valence electrons. The lowest BCUT2D eigenvalue weighted by Gasteiger charge is -2.15. The summed E-state index contributed by atoms with van der Waals surface area (Å²) in [5.41, 5.74) is 1.55. The maximum absolute atomic E-state index is 12.7. The molecule has 21 heavy (non-hydrogen) atoms. The molecule has 0 aliphatic heterocycles. The van der Waals surface area contributed by atoms with Crippen molar-refractivity contribution in [1.29, 1.82) is 0 Å². The number of benzene rings is 2. The van der Waals surface area contributed by atoms with E-state index in [0.717, 1.165) is 5.56 Å². The van der Waals surface area contributed by atoms with Gasteiger partial charge in [-0.2, -0.15) is 0 Å². The van der Waals surface area contributed by atoms with E-state index in [2.05, 4.69) is 0 Å². The number of hydrogen-bond acceptors (Lipinski definition) is 3. The number of carboxylic acid groups (broad SMARTS) is 1. The van der Waals surface area contributed by atoms with E-state index in [9.17, 15) is 9.59 Å². The van der Waals surface area contributed by atoms with Gasteiger partial charge in [0.25, 0.3) is 0 Å². The van der Waals surface area contributed by atoms with Gasteiger partial charge in [-0.25, -0.2) is 0 Å². The molecule has 1 atom stereocenters. The van der Waals surface area contributed by atoms with Gasteiger partial charge in [-0.1, -0.05) is 60.7 Å². The Kier molecular flexibility index (Phi) is 5.58. The van der Waals surface area contributed by atoms with Crippen LogP contribution in [0.2, 0.25) is 0 Å². The predicted octanol–water partition coefficient (Wildman–Crippen LogP) is 3.82. The molecule has 4 heteroatoms. The fraction of sp³-hybridized carbons (Fsp3) is 0.176. The minimum atomic E-state index is -0.846. The predicted molar refractivity (Wildman–Crippen MR) is 84.7 cm³/mol. The second-order valence-electron chi connectivity index (χ2n) is 4.54. The summed E-state index contributed by atoms with van der Waals surface area (Å²) < 4.78 is 0. The van der Waals surface area contributed by atoms with Crippen LogP contribution in [0.3, 0.4) is 0 Å². The van der Waals surface area contributed by atoms with Crippen molar-refractivity contribution in [2.45, 2.75) is 11.7 Å². The molecule has 2 rings (SSSR count). The van der Waals surface area contributed by atoms with Crippen LogP contribution >= 0.6 is 11.8 Å². The SMILES string of the molecule is O=C(O)CCS[C@H](C(=O)c1ccccc1)c1ccccc1. The van der Waals surface area contributed by atoms with Crippen LogP contribution in [0.25, 0.3) is 0 Å². The molecule has 0 aromatic heterocycles. The standard InChI is InChI=1S/C17H16O3S/c18-15(19)11-12-21-17(14-9-5-2-6-10-14)16(20)13-7-3-1-4-8-13/h1-10,17H,11-12H2,(H,18,19)/t17-/m0/s1. The van der Waals surface area contributed by atoms with Crippen molar-refractivity contribution in [3.8, 4) is 0 Å². The average molecular weight is 300 g/mol.